The van der Waals surface area contributed by atoms with Gasteiger partial charge in [-0.25, -0.2) is 9.78 Å². The monoisotopic (exact) mass is 484 g/mol. The Morgan fingerprint density at radius 3 is 2.47 bits per heavy atom. The predicted molar refractivity (Wildman–Crippen MR) is 127 cm³/mol. The van der Waals surface area contributed by atoms with E-state index in [1.165, 1.54) is 6.92 Å². The third-order valence-corrected chi connectivity index (χ3v) is 8.11. The molecule has 34 heavy (non-hydrogen) atoms. The van der Waals surface area contributed by atoms with Crippen molar-refractivity contribution < 1.29 is 23.3 Å². The van der Waals surface area contributed by atoms with Crippen molar-refractivity contribution in [2.45, 2.75) is 43.2 Å². The molecule has 0 amide bonds. The van der Waals surface area contributed by atoms with E-state index in [1.54, 1.807) is 24.3 Å². The first kappa shape index (κ1) is 22.9. The average Bonchev–Trinajstić information content (AvgIpc) is 3.21. The average molecular weight is 485 g/mol. The summed E-state index contributed by atoms with van der Waals surface area (Å²) in [7, 11) is 0.922. The number of anilines is 2. The normalized spacial score (nSPS) is 20.5. The second kappa shape index (κ2) is 9.42. The molecular formula is C24H28N4O5S. The van der Waals surface area contributed by atoms with Gasteiger partial charge in [0.15, 0.2) is 11.6 Å². The van der Waals surface area contributed by atoms with Crippen LogP contribution in [0.4, 0.5) is 11.8 Å². The number of ether oxygens (including phenoxy) is 2. The summed E-state index contributed by atoms with van der Waals surface area (Å²) in [6.45, 7) is 3.92. The second-order valence-corrected chi connectivity index (χ2v) is 10.5. The zero-order valence-corrected chi connectivity index (χ0v) is 20.2. The lowest BCUT2D eigenvalue weighted by atomic mass is 10.1. The topological polar surface area (TPSA) is 102 Å². The van der Waals surface area contributed by atoms with E-state index in [9.17, 15) is 13.8 Å². The first-order valence-corrected chi connectivity index (χ1v) is 12.9. The van der Waals surface area contributed by atoms with Gasteiger partial charge < -0.3 is 19.3 Å². The van der Waals surface area contributed by atoms with Gasteiger partial charge in [0.25, 0.3) is 0 Å². The van der Waals surface area contributed by atoms with Gasteiger partial charge in [-0.2, -0.15) is 4.98 Å². The molecule has 0 aliphatic carbocycles. The third-order valence-electron chi connectivity index (χ3n) is 6.66. The molecule has 0 N–H and O–H groups in total. The fourth-order valence-electron chi connectivity index (χ4n) is 4.53. The molecule has 4 heterocycles. The fourth-order valence-corrected chi connectivity index (χ4v) is 5.91. The van der Waals surface area contributed by atoms with Crippen LogP contribution in [-0.2, 0) is 26.7 Å². The summed E-state index contributed by atoms with van der Waals surface area (Å²) in [6.07, 6.45) is 2.23. The highest BCUT2D eigenvalue weighted by Crippen LogP contribution is 2.34. The van der Waals surface area contributed by atoms with Gasteiger partial charge in [0.2, 0.25) is 5.95 Å². The third kappa shape index (κ3) is 4.44. The number of nitrogens with zero attached hydrogens (tertiary/aromatic N) is 4. The number of carbonyl (C=O) groups is 2. The molecule has 0 bridgehead atoms. The Labute approximate surface area is 200 Å². The molecule has 3 aliphatic rings. The highest BCUT2D eigenvalue weighted by Gasteiger charge is 2.36. The number of Topliss-reactive ketones (excluding diaryl/α,β-unsaturated/α-hetero) is 1. The van der Waals surface area contributed by atoms with E-state index in [4.69, 9.17) is 19.4 Å². The van der Waals surface area contributed by atoms with Crippen LogP contribution in [0.5, 0.6) is 0 Å². The standard InChI is InChI=1S/C24H28N4O5S/c1-15(29)16-3-5-17(6-4-16)23(30)33-19-13-28(14-19)24-25-20-9-12-34(31)21(20)22(26-24)27(2)18-7-10-32-11-8-18/h3-6,18-19H,7-14H2,1-2H3. The van der Waals surface area contributed by atoms with Crippen molar-refractivity contribution in [1.82, 2.24) is 9.97 Å². The Hall–Kier alpha value is -2.85. The summed E-state index contributed by atoms with van der Waals surface area (Å²) in [6, 6.07) is 6.77. The molecule has 1 aromatic heterocycles. The van der Waals surface area contributed by atoms with E-state index in [2.05, 4.69) is 4.90 Å². The molecule has 2 saturated heterocycles. The van der Waals surface area contributed by atoms with Crippen molar-refractivity contribution in [3.05, 3.63) is 41.1 Å². The lowest BCUT2D eigenvalue weighted by Crippen LogP contribution is -2.54. The summed E-state index contributed by atoms with van der Waals surface area (Å²) < 4.78 is 23.8. The molecule has 1 unspecified atom stereocenters. The van der Waals surface area contributed by atoms with Gasteiger partial charge in [-0.15, -0.1) is 0 Å². The zero-order chi connectivity index (χ0) is 23.8. The van der Waals surface area contributed by atoms with Crippen molar-refractivity contribution in [2.75, 3.05) is 48.9 Å². The minimum atomic E-state index is -1.09. The van der Waals surface area contributed by atoms with Crippen molar-refractivity contribution in [2.24, 2.45) is 0 Å². The molecule has 2 fully saturated rings. The summed E-state index contributed by atoms with van der Waals surface area (Å²) >= 11 is 0. The van der Waals surface area contributed by atoms with Crippen LogP contribution in [0.1, 0.15) is 46.2 Å². The van der Waals surface area contributed by atoms with Crippen LogP contribution < -0.4 is 9.80 Å². The largest absolute Gasteiger partial charge is 0.455 e. The molecule has 10 heteroatoms. The number of hydrogen-bond acceptors (Lipinski definition) is 9. The van der Waals surface area contributed by atoms with Crippen LogP contribution in [0, 0.1) is 0 Å². The molecule has 0 spiro atoms. The smallest absolute Gasteiger partial charge is 0.338 e. The maximum atomic E-state index is 12.7. The van der Waals surface area contributed by atoms with Crippen molar-refractivity contribution in [3.8, 4) is 0 Å². The summed E-state index contributed by atoms with van der Waals surface area (Å²) in [4.78, 5) is 38.3. The van der Waals surface area contributed by atoms with Crippen LogP contribution in [0.25, 0.3) is 0 Å². The maximum absolute atomic E-state index is 12.7. The number of benzene rings is 1. The molecule has 3 aliphatic heterocycles. The Balaban J connectivity index is 1.27. The van der Waals surface area contributed by atoms with Gasteiger partial charge in [0.05, 0.1) is 35.1 Å². The molecule has 9 nitrogen and oxygen atoms in total. The Morgan fingerprint density at radius 1 is 1.12 bits per heavy atom. The van der Waals surface area contributed by atoms with Crippen LogP contribution in [0.3, 0.4) is 0 Å². The summed E-state index contributed by atoms with van der Waals surface area (Å²) in [5, 5.41) is 0. The summed E-state index contributed by atoms with van der Waals surface area (Å²) in [5.41, 5.74) is 1.82. The first-order chi connectivity index (χ1) is 16.4. The van der Waals surface area contributed by atoms with Gasteiger partial charge in [-0.05, 0) is 31.9 Å². The van der Waals surface area contributed by atoms with E-state index < -0.39 is 16.8 Å². The molecule has 0 saturated carbocycles. The Kier molecular flexibility index (Phi) is 6.35. The zero-order valence-electron chi connectivity index (χ0n) is 19.4. The number of fused-ring (bicyclic) bond motifs is 1. The van der Waals surface area contributed by atoms with Gasteiger partial charge >= 0.3 is 5.97 Å². The molecule has 5 rings (SSSR count). The molecule has 1 aromatic carbocycles. The van der Waals surface area contributed by atoms with E-state index >= 15 is 0 Å². The van der Waals surface area contributed by atoms with E-state index in [-0.39, 0.29) is 17.9 Å². The molecule has 0 radical (unpaired) electrons. The van der Waals surface area contributed by atoms with Crippen LogP contribution in [0.15, 0.2) is 29.2 Å². The van der Waals surface area contributed by atoms with Crippen LogP contribution in [0.2, 0.25) is 0 Å². The SMILES string of the molecule is CC(=O)c1ccc(C(=O)OC2CN(c3nc4c(c(N(C)C5CCOCC5)n3)S(=O)CC4)C2)cc1. The Bertz CT molecular complexity index is 1130. The quantitative estimate of drug-likeness (QED) is 0.450. The molecular weight excluding hydrogens is 456 g/mol. The van der Waals surface area contributed by atoms with Crippen molar-refractivity contribution in [3.63, 3.8) is 0 Å². The lowest BCUT2D eigenvalue weighted by Gasteiger charge is -2.39. The summed E-state index contributed by atoms with van der Waals surface area (Å²) in [5.74, 6) is 1.45. The minimum Gasteiger partial charge on any atom is -0.455 e. The van der Waals surface area contributed by atoms with E-state index in [0.717, 1.165) is 42.5 Å². The fraction of sp³-hybridized carbons (Fsp3) is 0.500. The number of esters is 1. The first-order valence-electron chi connectivity index (χ1n) is 11.6. The molecule has 1 atom stereocenters. The highest BCUT2D eigenvalue weighted by atomic mass is 32.2. The van der Waals surface area contributed by atoms with Gasteiger partial charge in [-0.3, -0.25) is 9.00 Å². The number of aryl methyl sites for hydroxylation is 1. The van der Waals surface area contributed by atoms with Gasteiger partial charge in [0.1, 0.15) is 11.0 Å². The number of hydrogen-bond donors (Lipinski definition) is 0. The lowest BCUT2D eigenvalue weighted by molar-refractivity contribution is 0.0231. The van der Waals surface area contributed by atoms with E-state index in [1.807, 2.05) is 11.9 Å². The number of ketones is 1. The van der Waals surface area contributed by atoms with Crippen LogP contribution >= 0.6 is 0 Å². The predicted octanol–water partition coefficient (Wildman–Crippen LogP) is 2.00. The Morgan fingerprint density at radius 2 is 1.79 bits per heavy atom. The van der Waals surface area contributed by atoms with Gasteiger partial charge in [0, 0.05) is 44.0 Å². The molecule has 180 valence electrons. The van der Waals surface area contributed by atoms with Crippen LogP contribution in [-0.4, -0.2) is 77.2 Å². The van der Waals surface area contributed by atoms with Crippen molar-refractivity contribution >= 4 is 34.3 Å². The molecule has 2 aromatic rings. The number of carbonyl (C=O) groups excluding carboxylic acids is 2. The second-order valence-electron chi connectivity index (χ2n) is 8.94. The minimum absolute atomic E-state index is 0.0467. The number of rotatable bonds is 6. The maximum Gasteiger partial charge on any atom is 0.338 e. The van der Waals surface area contributed by atoms with E-state index in [0.29, 0.717) is 42.3 Å². The highest BCUT2D eigenvalue weighted by molar-refractivity contribution is 7.85. The van der Waals surface area contributed by atoms with Crippen molar-refractivity contribution in [1.29, 1.82) is 0 Å². The number of aromatic nitrogens is 2. The van der Waals surface area contributed by atoms with Gasteiger partial charge in [-0.1, -0.05) is 12.1 Å².